The monoisotopic (exact) mass is 413 g/mol. The van der Waals surface area contributed by atoms with E-state index in [9.17, 15) is 29.5 Å². The summed E-state index contributed by atoms with van der Waals surface area (Å²) in [5, 5.41) is 21.5. The fourth-order valence-electron chi connectivity index (χ4n) is 1.58. The molecule has 0 saturated carbocycles. The van der Waals surface area contributed by atoms with Crippen LogP contribution in [0.3, 0.4) is 0 Å². The highest BCUT2D eigenvalue weighted by Gasteiger charge is 2.24. The third-order valence-electron chi connectivity index (χ3n) is 2.76. The molecule has 16 heteroatoms. The summed E-state index contributed by atoms with van der Waals surface area (Å²) in [4.78, 5) is 70.5. The Morgan fingerprint density at radius 1 is 0.821 bits per heavy atom. The second-order valence-electron chi connectivity index (χ2n) is 4.99. The molecule has 0 radical (unpaired) electrons. The minimum Gasteiger partial charge on any atom is -0.316 e. The van der Waals surface area contributed by atoms with E-state index in [1.165, 1.54) is 0 Å². The standard InChI is InChI=1S/C12H23N5O11/c18-11(3-7-13-5-1-9-25-15(20)21)27-17(24)28-12(19)4-8-14-6-2-10-26-16(22)23/h13-14H,1-10H2,(H,20,21)/q+2. The molecule has 0 aromatic rings. The highest BCUT2D eigenvalue weighted by molar-refractivity contribution is 5.69. The van der Waals surface area contributed by atoms with E-state index >= 15 is 0 Å². The summed E-state index contributed by atoms with van der Waals surface area (Å²) in [6.07, 6.45) is 0.362. The molecule has 0 unspecified atom stereocenters. The van der Waals surface area contributed by atoms with Crippen molar-refractivity contribution in [3.05, 3.63) is 19.9 Å². The van der Waals surface area contributed by atoms with Crippen molar-refractivity contribution in [2.24, 2.45) is 0 Å². The molecule has 0 aliphatic heterocycles. The minimum atomic E-state index is -0.939. The Labute approximate surface area is 158 Å². The number of hydrogen-bond donors (Lipinski definition) is 3. The van der Waals surface area contributed by atoms with Gasteiger partial charge in [-0.1, -0.05) is 0 Å². The minimum absolute atomic E-state index is 0.0245. The van der Waals surface area contributed by atoms with Crippen LogP contribution < -0.4 is 10.6 Å². The molecule has 0 heterocycles. The van der Waals surface area contributed by atoms with Crippen LogP contribution in [0.5, 0.6) is 0 Å². The fraction of sp³-hybridized carbons (Fsp3) is 0.833. The van der Waals surface area contributed by atoms with Gasteiger partial charge in [0.2, 0.25) is 0 Å². The first-order valence-electron chi connectivity index (χ1n) is 8.18. The van der Waals surface area contributed by atoms with Gasteiger partial charge in [0.1, 0.15) is 9.81 Å². The highest BCUT2D eigenvalue weighted by Crippen LogP contribution is 1.92. The van der Waals surface area contributed by atoms with E-state index in [1.807, 2.05) is 0 Å². The van der Waals surface area contributed by atoms with Crippen LogP contribution in [0.4, 0.5) is 0 Å². The van der Waals surface area contributed by atoms with Gasteiger partial charge in [-0.05, 0) is 19.5 Å². The third kappa shape index (κ3) is 17.7. The van der Waals surface area contributed by atoms with E-state index in [-0.39, 0.29) is 39.1 Å². The fourth-order valence-corrected chi connectivity index (χ4v) is 1.58. The van der Waals surface area contributed by atoms with Crippen LogP contribution >= 0.6 is 0 Å². The molecule has 0 spiro atoms. The quantitative estimate of drug-likeness (QED) is 0.137. The molecule has 3 N–H and O–H groups in total. The zero-order valence-electron chi connectivity index (χ0n) is 14.9. The average Bonchev–Trinajstić information content (AvgIpc) is 2.59. The van der Waals surface area contributed by atoms with Crippen molar-refractivity contribution >= 4 is 11.9 Å². The van der Waals surface area contributed by atoms with E-state index < -0.39 is 27.2 Å². The Bertz CT molecular complexity index is 486. The molecule has 0 aromatic carbocycles. The Morgan fingerprint density at radius 3 is 1.71 bits per heavy atom. The van der Waals surface area contributed by atoms with Gasteiger partial charge in [0, 0.05) is 19.5 Å². The number of nitrogens with zero attached hydrogens (tertiary/aromatic N) is 3. The lowest BCUT2D eigenvalue weighted by Gasteiger charge is -2.01. The predicted molar refractivity (Wildman–Crippen MR) is 84.3 cm³/mol. The lowest BCUT2D eigenvalue weighted by Crippen LogP contribution is -2.26. The zero-order valence-corrected chi connectivity index (χ0v) is 14.9. The maximum atomic E-state index is 11.3. The Kier molecular flexibility index (Phi) is 14.3. The first-order valence-corrected chi connectivity index (χ1v) is 8.18. The van der Waals surface area contributed by atoms with Gasteiger partial charge in [0.15, 0.2) is 6.61 Å². The number of rotatable bonds is 18. The molecule has 0 aromatic heterocycles. The molecule has 0 fully saturated rings. The van der Waals surface area contributed by atoms with Gasteiger partial charge in [0.05, 0.1) is 19.4 Å². The van der Waals surface area contributed by atoms with Crippen LogP contribution in [0, 0.1) is 19.9 Å². The largest absolute Gasteiger partial charge is 0.495 e. The van der Waals surface area contributed by atoms with Crippen molar-refractivity contribution in [3.63, 3.8) is 0 Å². The molecule has 0 bridgehead atoms. The van der Waals surface area contributed by atoms with Crippen molar-refractivity contribution in [2.45, 2.75) is 25.7 Å². The smallest absolute Gasteiger partial charge is 0.316 e. The summed E-state index contributed by atoms with van der Waals surface area (Å²) in [5.74, 6) is -1.87. The average molecular weight is 413 g/mol. The lowest BCUT2D eigenvalue weighted by atomic mass is 10.4. The van der Waals surface area contributed by atoms with E-state index in [0.29, 0.717) is 25.9 Å². The maximum absolute atomic E-state index is 11.3. The van der Waals surface area contributed by atoms with Gasteiger partial charge in [-0.3, -0.25) is 0 Å². The molecule has 0 rings (SSSR count). The summed E-state index contributed by atoms with van der Waals surface area (Å²) >= 11 is 0. The molecular weight excluding hydrogens is 390 g/mol. The van der Waals surface area contributed by atoms with Gasteiger partial charge in [-0.25, -0.2) is 14.8 Å². The number of hydrogen-bond acceptors (Lipinski definition) is 12. The first kappa shape index (κ1) is 24.9. The molecule has 0 atom stereocenters. The lowest BCUT2D eigenvalue weighted by molar-refractivity contribution is -0.975. The van der Waals surface area contributed by atoms with Crippen LogP contribution in [0.1, 0.15) is 25.7 Å². The topological polar surface area (TPSA) is 199 Å². The zero-order chi connectivity index (χ0) is 21.2. The summed E-state index contributed by atoms with van der Waals surface area (Å²) < 4.78 is 0. The van der Waals surface area contributed by atoms with Crippen molar-refractivity contribution in [2.75, 3.05) is 39.4 Å². The summed E-state index contributed by atoms with van der Waals surface area (Å²) in [7, 11) is 0. The van der Waals surface area contributed by atoms with Crippen molar-refractivity contribution in [1.82, 2.24) is 10.6 Å². The van der Waals surface area contributed by atoms with E-state index in [4.69, 9.17) is 5.21 Å². The Balaban J connectivity index is 3.59. The second-order valence-corrected chi connectivity index (χ2v) is 4.99. The van der Waals surface area contributed by atoms with E-state index in [2.05, 4.69) is 30.0 Å². The maximum Gasteiger partial charge on any atom is 0.495 e. The molecule has 0 saturated heterocycles. The molecule has 0 aliphatic rings. The van der Waals surface area contributed by atoms with Crippen molar-refractivity contribution < 1.29 is 49.4 Å². The first-order chi connectivity index (χ1) is 13.3. The van der Waals surface area contributed by atoms with E-state index in [0.717, 1.165) is 0 Å². The molecule has 160 valence electrons. The predicted octanol–water partition coefficient (Wildman–Crippen LogP) is -1.27. The third-order valence-corrected chi connectivity index (χ3v) is 2.76. The van der Waals surface area contributed by atoms with Gasteiger partial charge < -0.3 is 15.5 Å². The van der Waals surface area contributed by atoms with Crippen LogP contribution in [0.15, 0.2) is 0 Å². The molecule has 16 nitrogen and oxygen atoms in total. The Morgan fingerprint density at radius 2 is 1.29 bits per heavy atom. The molecular formula is C12H23N5O11+2. The Hall–Kier alpha value is -3.14. The summed E-state index contributed by atoms with van der Waals surface area (Å²) in [5.41, 5.74) is 0. The van der Waals surface area contributed by atoms with Crippen LogP contribution in [0.2, 0.25) is 0 Å². The van der Waals surface area contributed by atoms with Gasteiger partial charge in [-0.2, -0.15) is 4.84 Å². The van der Waals surface area contributed by atoms with Crippen LogP contribution in [-0.4, -0.2) is 71.8 Å². The second kappa shape index (κ2) is 16.1. The highest BCUT2D eigenvalue weighted by atomic mass is 17.0. The number of nitrogens with one attached hydrogen (secondary N) is 2. The van der Waals surface area contributed by atoms with Crippen LogP contribution in [0.25, 0.3) is 0 Å². The van der Waals surface area contributed by atoms with Gasteiger partial charge >= 0.3 is 22.1 Å². The molecule has 28 heavy (non-hydrogen) atoms. The number of carbonyl (C=O) groups excluding carboxylic acids is 2. The normalized spacial score (nSPS) is 10.0. The van der Waals surface area contributed by atoms with Gasteiger partial charge in [0.25, 0.3) is 5.09 Å². The number of carbonyl (C=O) groups is 2. The van der Waals surface area contributed by atoms with Gasteiger partial charge in [-0.15, -0.1) is 19.8 Å². The molecule has 0 amide bonds. The van der Waals surface area contributed by atoms with Crippen molar-refractivity contribution in [1.29, 1.82) is 0 Å². The van der Waals surface area contributed by atoms with Crippen molar-refractivity contribution in [3.8, 4) is 0 Å². The summed E-state index contributed by atoms with van der Waals surface area (Å²) in [6.45, 7) is 0.924. The van der Waals surface area contributed by atoms with Crippen LogP contribution in [-0.2, 0) is 28.9 Å². The SMILES string of the molecule is O=C(CCNCCCO[N+](=O)[O-])O[N+](=O)OC(=O)CCNCCCO[N+](=O)O. The van der Waals surface area contributed by atoms with E-state index in [1.54, 1.807) is 0 Å². The molecule has 0 aliphatic carbocycles. The summed E-state index contributed by atoms with van der Waals surface area (Å²) in [6, 6.07) is 0.